The van der Waals surface area contributed by atoms with E-state index in [0.29, 0.717) is 11.6 Å². The van der Waals surface area contributed by atoms with Crippen molar-refractivity contribution in [3.05, 3.63) is 36.8 Å². The van der Waals surface area contributed by atoms with Crippen LogP contribution in [0.4, 0.5) is 5.82 Å². The maximum atomic E-state index is 10.9. The summed E-state index contributed by atoms with van der Waals surface area (Å²) in [5, 5.41) is 2.61. The lowest BCUT2D eigenvalue weighted by Gasteiger charge is -2.03. The molecule has 2 aromatic rings. The summed E-state index contributed by atoms with van der Waals surface area (Å²) in [5.74, 6) is 0.905. The zero-order chi connectivity index (χ0) is 11.4. The molecule has 0 radical (unpaired) electrons. The number of rotatable bonds is 2. The van der Waals surface area contributed by atoms with E-state index in [9.17, 15) is 4.79 Å². The minimum atomic E-state index is -0.153. The van der Waals surface area contributed by atoms with Gasteiger partial charge < -0.3 is 5.32 Å². The second-order valence-electron chi connectivity index (χ2n) is 3.18. The van der Waals surface area contributed by atoms with Crippen molar-refractivity contribution in [3.8, 4) is 11.4 Å². The molecule has 0 unspecified atom stereocenters. The average molecular weight is 214 g/mol. The number of aromatic nitrogens is 3. The highest BCUT2D eigenvalue weighted by molar-refractivity contribution is 5.87. The van der Waals surface area contributed by atoms with Gasteiger partial charge in [-0.3, -0.25) is 9.78 Å². The first-order valence-corrected chi connectivity index (χ1v) is 4.77. The number of amides is 1. The molecule has 0 bridgehead atoms. The van der Waals surface area contributed by atoms with Gasteiger partial charge in [0.25, 0.3) is 0 Å². The molecule has 0 saturated heterocycles. The lowest BCUT2D eigenvalue weighted by molar-refractivity contribution is -0.114. The average Bonchev–Trinajstić information content (AvgIpc) is 2.30. The van der Waals surface area contributed by atoms with Crippen LogP contribution >= 0.6 is 0 Å². The summed E-state index contributed by atoms with van der Waals surface area (Å²) in [6.45, 7) is 1.44. The van der Waals surface area contributed by atoms with Gasteiger partial charge in [-0.25, -0.2) is 9.97 Å². The first kappa shape index (κ1) is 10.2. The van der Waals surface area contributed by atoms with E-state index in [-0.39, 0.29) is 5.91 Å². The topological polar surface area (TPSA) is 67.8 Å². The van der Waals surface area contributed by atoms with Crippen LogP contribution < -0.4 is 5.32 Å². The van der Waals surface area contributed by atoms with Crippen LogP contribution in [0.5, 0.6) is 0 Å². The Balaban J connectivity index is 2.33. The van der Waals surface area contributed by atoms with Crippen molar-refractivity contribution in [1.29, 1.82) is 0 Å². The van der Waals surface area contributed by atoms with Gasteiger partial charge in [0.15, 0.2) is 5.82 Å². The van der Waals surface area contributed by atoms with Crippen molar-refractivity contribution < 1.29 is 4.79 Å². The van der Waals surface area contributed by atoms with Crippen LogP contribution in [-0.4, -0.2) is 20.9 Å². The van der Waals surface area contributed by atoms with E-state index < -0.39 is 0 Å². The molecule has 0 aliphatic heterocycles. The number of anilines is 1. The number of carbonyl (C=O) groups is 1. The van der Waals surface area contributed by atoms with E-state index in [1.54, 1.807) is 24.7 Å². The number of nitrogens with zero attached hydrogens (tertiary/aromatic N) is 3. The van der Waals surface area contributed by atoms with Gasteiger partial charge in [-0.15, -0.1) is 0 Å². The summed E-state index contributed by atoms with van der Waals surface area (Å²) >= 11 is 0. The molecule has 2 heterocycles. The fraction of sp³-hybridized carbons (Fsp3) is 0.0909. The van der Waals surface area contributed by atoms with Gasteiger partial charge in [-0.05, 0) is 18.2 Å². The molecule has 80 valence electrons. The Hall–Kier alpha value is -2.30. The zero-order valence-electron chi connectivity index (χ0n) is 8.71. The van der Waals surface area contributed by atoms with Crippen molar-refractivity contribution in [2.75, 3.05) is 5.32 Å². The molecule has 16 heavy (non-hydrogen) atoms. The van der Waals surface area contributed by atoms with Crippen LogP contribution in [0.1, 0.15) is 6.92 Å². The zero-order valence-corrected chi connectivity index (χ0v) is 8.71. The number of pyridine rings is 1. The summed E-state index contributed by atoms with van der Waals surface area (Å²) < 4.78 is 0. The van der Waals surface area contributed by atoms with Gasteiger partial charge in [0, 0.05) is 31.1 Å². The van der Waals surface area contributed by atoms with Gasteiger partial charge in [0.2, 0.25) is 5.91 Å². The van der Waals surface area contributed by atoms with Gasteiger partial charge in [0.05, 0.1) is 0 Å². The number of hydrogen-bond acceptors (Lipinski definition) is 4. The van der Waals surface area contributed by atoms with E-state index in [2.05, 4.69) is 20.3 Å². The fourth-order valence-electron chi connectivity index (χ4n) is 1.25. The predicted octanol–water partition coefficient (Wildman–Crippen LogP) is 1.50. The Labute approximate surface area is 92.6 Å². The highest BCUT2D eigenvalue weighted by Crippen LogP contribution is 2.14. The molecule has 0 fully saturated rings. The molecule has 0 saturated carbocycles. The number of carbonyl (C=O) groups excluding carboxylic acids is 1. The molecular weight excluding hydrogens is 204 g/mol. The van der Waals surface area contributed by atoms with Crippen molar-refractivity contribution >= 4 is 11.7 Å². The van der Waals surface area contributed by atoms with Crippen molar-refractivity contribution in [1.82, 2.24) is 15.0 Å². The second kappa shape index (κ2) is 4.48. The van der Waals surface area contributed by atoms with Crippen LogP contribution in [-0.2, 0) is 4.79 Å². The predicted molar refractivity (Wildman–Crippen MR) is 59.6 cm³/mol. The number of nitrogens with one attached hydrogen (secondary N) is 1. The lowest BCUT2D eigenvalue weighted by atomic mass is 10.2. The van der Waals surface area contributed by atoms with E-state index in [4.69, 9.17) is 0 Å². The molecule has 1 N–H and O–H groups in total. The highest BCUT2D eigenvalue weighted by atomic mass is 16.1. The third kappa shape index (κ3) is 2.38. The maximum absolute atomic E-state index is 10.9. The fourth-order valence-corrected chi connectivity index (χ4v) is 1.25. The Morgan fingerprint density at radius 3 is 2.62 bits per heavy atom. The summed E-state index contributed by atoms with van der Waals surface area (Å²) in [6.07, 6.45) is 4.95. The Morgan fingerprint density at radius 1 is 1.19 bits per heavy atom. The Morgan fingerprint density at radius 2 is 1.94 bits per heavy atom. The molecule has 5 heteroatoms. The highest BCUT2D eigenvalue weighted by Gasteiger charge is 2.02. The van der Waals surface area contributed by atoms with Crippen molar-refractivity contribution in [3.63, 3.8) is 0 Å². The van der Waals surface area contributed by atoms with Crippen molar-refractivity contribution in [2.45, 2.75) is 6.92 Å². The molecule has 2 rings (SSSR count). The molecule has 1 amide bonds. The molecule has 0 aliphatic carbocycles. The summed E-state index contributed by atoms with van der Waals surface area (Å²) in [4.78, 5) is 23.1. The quantitative estimate of drug-likeness (QED) is 0.822. The van der Waals surface area contributed by atoms with Gasteiger partial charge >= 0.3 is 0 Å². The largest absolute Gasteiger partial charge is 0.311 e. The standard InChI is InChI=1S/C11H10N4O/c1-8(16)14-10-4-7-13-11(15-10)9-2-5-12-6-3-9/h2-7H,1H3,(H,13,14,15,16). The summed E-state index contributed by atoms with van der Waals surface area (Å²) in [5.41, 5.74) is 0.863. The lowest BCUT2D eigenvalue weighted by Crippen LogP contribution is -2.08. The van der Waals surface area contributed by atoms with E-state index >= 15 is 0 Å². The van der Waals surface area contributed by atoms with E-state index in [0.717, 1.165) is 5.56 Å². The second-order valence-corrected chi connectivity index (χ2v) is 3.18. The number of hydrogen-bond donors (Lipinski definition) is 1. The monoisotopic (exact) mass is 214 g/mol. The van der Waals surface area contributed by atoms with E-state index in [1.165, 1.54) is 6.92 Å². The summed E-state index contributed by atoms with van der Waals surface area (Å²) in [7, 11) is 0. The van der Waals surface area contributed by atoms with Crippen LogP contribution in [0, 0.1) is 0 Å². The Kier molecular flexibility index (Phi) is 2.86. The molecular formula is C11H10N4O. The Bertz CT molecular complexity index is 498. The first-order valence-electron chi connectivity index (χ1n) is 4.77. The van der Waals surface area contributed by atoms with Crippen LogP contribution in [0.3, 0.4) is 0 Å². The molecule has 0 aliphatic rings. The van der Waals surface area contributed by atoms with Crippen LogP contribution in [0.2, 0.25) is 0 Å². The smallest absolute Gasteiger partial charge is 0.222 e. The van der Waals surface area contributed by atoms with Gasteiger partial charge in [-0.1, -0.05) is 0 Å². The molecule has 0 aromatic carbocycles. The molecule has 5 nitrogen and oxygen atoms in total. The summed E-state index contributed by atoms with van der Waals surface area (Å²) in [6, 6.07) is 5.27. The third-order valence-corrected chi connectivity index (χ3v) is 1.90. The van der Waals surface area contributed by atoms with Crippen molar-refractivity contribution in [2.24, 2.45) is 0 Å². The molecule has 0 atom stereocenters. The third-order valence-electron chi connectivity index (χ3n) is 1.90. The maximum Gasteiger partial charge on any atom is 0.222 e. The SMILES string of the molecule is CC(=O)Nc1ccnc(-c2ccncc2)n1. The van der Waals surface area contributed by atoms with E-state index in [1.807, 2.05) is 12.1 Å². The molecule has 0 spiro atoms. The first-order chi connectivity index (χ1) is 7.75. The van der Waals surface area contributed by atoms with Crippen LogP contribution in [0.15, 0.2) is 36.8 Å². The van der Waals surface area contributed by atoms with Gasteiger partial charge in [-0.2, -0.15) is 0 Å². The minimum absolute atomic E-state index is 0.153. The van der Waals surface area contributed by atoms with Crippen LogP contribution in [0.25, 0.3) is 11.4 Å². The normalized spacial score (nSPS) is 9.81. The van der Waals surface area contributed by atoms with Gasteiger partial charge in [0.1, 0.15) is 5.82 Å². The minimum Gasteiger partial charge on any atom is -0.311 e. The molecule has 2 aromatic heterocycles.